The molecule has 0 aliphatic heterocycles. The number of unbranched alkanes of at least 4 members (excludes halogenated alkanes) is 3. The topological polar surface area (TPSA) is 73.1 Å². The second-order valence-electron chi connectivity index (χ2n) is 5.36. The summed E-state index contributed by atoms with van der Waals surface area (Å²) < 4.78 is 7.15. The average Bonchev–Trinajstić information content (AvgIpc) is 2.90. The number of aromatic nitrogens is 4. The van der Waals surface area contributed by atoms with Crippen molar-refractivity contribution < 1.29 is 9.84 Å². The Labute approximate surface area is 137 Å². The van der Waals surface area contributed by atoms with E-state index in [2.05, 4.69) is 21.9 Å². The van der Waals surface area contributed by atoms with Crippen LogP contribution in [0.2, 0.25) is 0 Å². The molecule has 2 unspecified atom stereocenters. The van der Waals surface area contributed by atoms with E-state index in [-0.39, 0.29) is 18.4 Å². The second kappa shape index (κ2) is 8.90. The van der Waals surface area contributed by atoms with Crippen molar-refractivity contribution in [3.8, 4) is 5.88 Å². The molecule has 2 rings (SSSR count). The van der Waals surface area contributed by atoms with Gasteiger partial charge in [0.25, 0.3) is 0 Å². The number of halogens is 1. The van der Waals surface area contributed by atoms with Crippen LogP contribution in [0.15, 0.2) is 12.7 Å². The normalized spacial score (nSPS) is 13.6. The summed E-state index contributed by atoms with van der Waals surface area (Å²) >= 11 is 0. The van der Waals surface area contributed by atoms with Crippen LogP contribution >= 0.6 is 12.4 Å². The molecule has 7 heteroatoms. The van der Waals surface area contributed by atoms with E-state index in [1.54, 1.807) is 13.4 Å². The molecule has 0 saturated heterocycles. The molecule has 0 fully saturated rings. The summed E-state index contributed by atoms with van der Waals surface area (Å²) in [5, 5.41) is 10.1. The summed E-state index contributed by atoms with van der Waals surface area (Å²) in [5.74, 6) is 0.467. The monoisotopic (exact) mass is 328 g/mol. The molecule has 0 aliphatic carbocycles. The van der Waals surface area contributed by atoms with Gasteiger partial charge in [0.1, 0.15) is 6.33 Å². The molecule has 0 aliphatic rings. The van der Waals surface area contributed by atoms with Crippen LogP contribution in [0.4, 0.5) is 0 Å². The molecule has 2 aromatic heterocycles. The number of aliphatic hydroxyl groups is 1. The van der Waals surface area contributed by atoms with Crippen LogP contribution in [0, 0.1) is 0 Å². The highest BCUT2D eigenvalue weighted by atomic mass is 35.5. The molecular formula is C15H25ClN4O2. The lowest BCUT2D eigenvalue weighted by atomic mass is 10.0. The van der Waals surface area contributed by atoms with Gasteiger partial charge in [0, 0.05) is 0 Å². The van der Waals surface area contributed by atoms with E-state index in [1.165, 1.54) is 25.6 Å². The summed E-state index contributed by atoms with van der Waals surface area (Å²) in [5.41, 5.74) is 1.35. The SMILES string of the molecule is CCCCCCC(C(C)O)n1cnc2c(OC)ncnc21.Cl. The number of fused-ring (bicyclic) bond motifs is 1. The fourth-order valence-corrected chi connectivity index (χ4v) is 2.62. The Kier molecular flexibility index (Phi) is 7.55. The van der Waals surface area contributed by atoms with E-state index in [0.29, 0.717) is 17.0 Å². The fourth-order valence-electron chi connectivity index (χ4n) is 2.62. The first kappa shape index (κ1) is 18.6. The molecule has 22 heavy (non-hydrogen) atoms. The lowest BCUT2D eigenvalue weighted by molar-refractivity contribution is 0.124. The first-order valence-electron chi connectivity index (χ1n) is 7.58. The molecule has 0 amide bonds. The molecule has 0 spiro atoms. The molecule has 124 valence electrons. The largest absolute Gasteiger partial charge is 0.479 e. The van der Waals surface area contributed by atoms with Gasteiger partial charge >= 0.3 is 0 Å². The van der Waals surface area contributed by atoms with Gasteiger partial charge in [0.05, 0.1) is 25.6 Å². The number of ether oxygens (including phenoxy) is 1. The van der Waals surface area contributed by atoms with E-state index >= 15 is 0 Å². The molecule has 0 saturated carbocycles. The standard InChI is InChI=1S/C15H24N4O2.ClH/c1-4-5-6-7-8-12(11(2)20)19-10-18-13-14(19)16-9-17-15(13)21-3;/h9-12,20H,4-8H2,1-3H3;1H. The van der Waals surface area contributed by atoms with Crippen molar-refractivity contribution in [3.63, 3.8) is 0 Å². The zero-order valence-corrected chi connectivity index (χ0v) is 14.2. The van der Waals surface area contributed by atoms with Crippen LogP contribution in [0.25, 0.3) is 11.2 Å². The first-order chi connectivity index (χ1) is 10.2. The Bertz CT molecular complexity index is 574. The van der Waals surface area contributed by atoms with Gasteiger partial charge in [0.15, 0.2) is 11.2 Å². The Morgan fingerprint density at radius 3 is 2.64 bits per heavy atom. The van der Waals surface area contributed by atoms with Gasteiger partial charge in [-0.2, -0.15) is 4.98 Å². The third kappa shape index (κ3) is 4.08. The van der Waals surface area contributed by atoms with Crippen LogP contribution < -0.4 is 4.74 Å². The van der Waals surface area contributed by atoms with Crippen molar-refractivity contribution in [3.05, 3.63) is 12.7 Å². The van der Waals surface area contributed by atoms with Gasteiger partial charge < -0.3 is 14.4 Å². The zero-order valence-electron chi connectivity index (χ0n) is 13.4. The second-order valence-corrected chi connectivity index (χ2v) is 5.36. The van der Waals surface area contributed by atoms with Crippen molar-refractivity contribution >= 4 is 23.6 Å². The van der Waals surface area contributed by atoms with E-state index in [0.717, 1.165) is 12.8 Å². The van der Waals surface area contributed by atoms with Gasteiger partial charge in [-0.15, -0.1) is 12.4 Å². The summed E-state index contributed by atoms with van der Waals surface area (Å²) in [6, 6.07) is -0.0218. The molecular weight excluding hydrogens is 304 g/mol. The van der Waals surface area contributed by atoms with Crippen LogP contribution in [0.5, 0.6) is 5.88 Å². The van der Waals surface area contributed by atoms with Gasteiger partial charge in [-0.25, -0.2) is 9.97 Å². The molecule has 0 radical (unpaired) electrons. The average molecular weight is 329 g/mol. The van der Waals surface area contributed by atoms with Gasteiger partial charge in [0.2, 0.25) is 5.88 Å². The summed E-state index contributed by atoms with van der Waals surface area (Å²) in [6.07, 6.45) is 8.36. The van der Waals surface area contributed by atoms with Gasteiger partial charge in [-0.3, -0.25) is 0 Å². The minimum Gasteiger partial charge on any atom is -0.479 e. The van der Waals surface area contributed by atoms with Crippen LogP contribution in [0.1, 0.15) is 52.0 Å². The van der Waals surface area contributed by atoms with Crippen LogP contribution in [-0.4, -0.2) is 37.8 Å². The highest BCUT2D eigenvalue weighted by molar-refractivity contribution is 5.85. The maximum absolute atomic E-state index is 10.1. The highest BCUT2D eigenvalue weighted by Crippen LogP contribution is 2.26. The molecule has 6 nitrogen and oxygen atoms in total. The van der Waals surface area contributed by atoms with E-state index in [4.69, 9.17) is 4.74 Å². The molecule has 1 N–H and O–H groups in total. The fraction of sp³-hybridized carbons (Fsp3) is 0.667. The third-order valence-corrected chi connectivity index (χ3v) is 3.79. The smallest absolute Gasteiger partial charge is 0.245 e. The van der Waals surface area contributed by atoms with Crippen molar-refractivity contribution in [2.45, 2.75) is 58.1 Å². The highest BCUT2D eigenvalue weighted by Gasteiger charge is 2.21. The number of aliphatic hydroxyl groups excluding tert-OH is 1. The van der Waals surface area contributed by atoms with E-state index < -0.39 is 6.10 Å². The van der Waals surface area contributed by atoms with Crippen LogP contribution in [-0.2, 0) is 0 Å². The summed E-state index contributed by atoms with van der Waals surface area (Å²) in [7, 11) is 1.57. The number of nitrogens with zero attached hydrogens (tertiary/aromatic N) is 4. The van der Waals surface area contributed by atoms with Crippen molar-refractivity contribution in [1.29, 1.82) is 0 Å². The minimum atomic E-state index is -0.454. The van der Waals surface area contributed by atoms with E-state index in [1.807, 2.05) is 11.5 Å². The number of methoxy groups -OCH3 is 1. The molecule has 2 aromatic rings. The van der Waals surface area contributed by atoms with E-state index in [9.17, 15) is 5.11 Å². The Morgan fingerprint density at radius 2 is 2.00 bits per heavy atom. The Hall–Kier alpha value is -1.40. The number of hydrogen-bond acceptors (Lipinski definition) is 5. The minimum absolute atomic E-state index is 0. The number of hydrogen-bond donors (Lipinski definition) is 1. The summed E-state index contributed by atoms with van der Waals surface area (Å²) in [4.78, 5) is 12.7. The number of rotatable bonds is 8. The van der Waals surface area contributed by atoms with Crippen molar-refractivity contribution in [2.24, 2.45) is 0 Å². The lowest BCUT2D eigenvalue weighted by Crippen LogP contribution is -2.21. The predicted molar refractivity (Wildman–Crippen MR) is 88.6 cm³/mol. The summed E-state index contributed by atoms with van der Waals surface area (Å²) in [6.45, 7) is 4.01. The third-order valence-electron chi connectivity index (χ3n) is 3.79. The quantitative estimate of drug-likeness (QED) is 0.753. The maximum atomic E-state index is 10.1. The predicted octanol–water partition coefficient (Wildman–Crippen LogP) is 3.15. The lowest BCUT2D eigenvalue weighted by Gasteiger charge is -2.21. The molecule has 2 heterocycles. The molecule has 0 aromatic carbocycles. The van der Waals surface area contributed by atoms with Gasteiger partial charge in [-0.05, 0) is 13.3 Å². The van der Waals surface area contributed by atoms with Crippen LogP contribution in [0.3, 0.4) is 0 Å². The Morgan fingerprint density at radius 1 is 1.23 bits per heavy atom. The first-order valence-corrected chi connectivity index (χ1v) is 7.58. The van der Waals surface area contributed by atoms with Crippen molar-refractivity contribution in [2.75, 3.05) is 7.11 Å². The van der Waals surface area contributed by atoms with Crippen molar-refractivity contribution in [1.82, 2.24) is 19.5 Å². The molecule has 0 bridgehead atoms. The number of imidazole rings is 1. The Balaban J connectivity index is 0.00000242. The zero-order chi connectivity index (χ0) is 15.2. The maximum Gasteiger partial charge on any atom is 0.245 e. The molecule has 2 atom stereocenters. The van der Waals surface area contributed by atoms with Gasteiger partial charge in [-0.1, -0.05) is 32.6 Å².